The summed E-state index contributed by atoms with van der Waals surface area (Å²) in [5.74, 6) is 0. The van der Waals surface area contributed by atoms with Crippen LogP contribution in [0.1, 0.15) is 10.4 Å². The van der Waals surface area contributed by atoms with Gasteiger partial charge < -0.3 is 0 Å². The Kier molecular flexibility index (Phi) is 3.90. The van der Waals surface area contributed by atoms with Crippen LogP contribution in [0, 0.1) is 6.92 Å². The van der Waals surface area contributed by atoms with Crippen LogP contribution in [0.3, 0.4) is 0 Å². The summed E-state index contributed by atoms with van der Waals surface area (Å²) in [4.78, 5) is 5.64. The fraction of sp³-hybridized carbons (Fsp3) is 0.0667. The molecule has 5 heteroatoms. The molecule has 0 fully saturated rings. The molecule has 0 atom stereocenters. The maximum atomic E-state index is 4.53. The highest BCUT2D eigenvalue weighted by Gasteiger charge is 2.03. The highest BCUT2D eigenvalue weighted by molar-refractivity contribution is 7.14. The highest BCUT2D eigenvalue weighted by Crippen LogP contribution is 2.25. The van der Waals surface area contributed by atoms with Crippen molar-refractivity contribution in [2.75, 3.05) is 5.43 Å². The van der Waals surface area contributed by atoms with Gasteiger partial charge in [0, 0.05) is 15.8 Å². The SMILES string of the molecule is Cc1ccc(-c2csc(N/N=C/c3cccs3)n2)cc1. The summed E-state index contributed by atoms with van der Waals surface area (Å²) in [6.45, 7) is 2.08. The predicted molar refractivity (Wildman–Crippen MR) is 87.8 cm³/mol. The minimum absolute atomic E-state index is 0.799. The number of aryl methyl sites for hydroxylation is 1. The lowest BCUT2D eigenvalue weighted by Crippen LogP contribution is -1.88. The molecule has 0 spiro atoms. The molecule has 100 valence electrons. The van der Waals surface area contributed by atoms with E-state index in [0.29, 0.717) is 0 Å². The van der Waals surface area contributed by atoms with E-state index in [1.54, 1.807) is 28.9 Å². The van der Waals surface area contributed by atoms with Gasteiger partial charge in [0.05, 0.1) is 11.9 Å². The lowest BCUT2D eigenvalue weighted by molar-refractivity contribution is 1.29. The zero-order valence-electron chi connectivity index (χ0n) is 10.9. The smallest absolute Gasteiger partial charge is 0.203 e. The molecule has 3 aromatic rings. The monoisotopic (exact) mass is 299 g/mol. The average Bonchev–Trinajstić information content (AvgIpc) is 3.11. The number of thiophene rings is 1. The van der Waals surface area contributed by atoms with Gasteiger partial charge in [0.2, 0.25) is 5.13 Å². The van der Waals surface area contributed by atoms with E-state index in [1.165, 1.54) is 5.56 Å². The molecule has 0 unspecified atom stereocenters. The molecular weight excluding hydrogens is 286 g/mol. The van der Waals surface area contributed by atoms with E-state index in [2.05, 4.69) is 46.7 Å². The van der Waals surface area contributed by atoms with Crippen LogP contribution >= 0.6 is 22.7 Å². The van der Waals surface area contributed by atoms with Crippen LogP contribution in [0.4, 0.5) is 5.13 Å². The van der Waals surface area contributed by atoms with Crippen LogP contribution in [-0.2, 0) is 0 Å². The molecule has 2 heterocycles. The van der Waals surface area contributed by atoms with Gasteiger partial charge in [0.15, 0.2) is 0 Å². The van der Waals surface area contributed by atoms with Crippen LogP contribution in [0.5, 0.6) is 0 Å². The number of rotatable bonds is 4. The molecule has 0 aliphatic rings. The summed E-state index contributed by atoms with van der Waals surface area (Å²) in [6, 6.07) is 12.4. The Labute approximate surface area is 125 Å². The van der Waals surface area contributed by atoms with Crippen molar-refractivity contribution in [3.05, 3.63) is 57.6 Å². The minimum atomic E-state index is 0.799. The molecule has 0 aliphatic heterocycles. The molecule has 0 aliphatic carbocycles. The second-order valence-electron chi connectivity index (χ2n) is 4.29. The molecule has 1 N–H and O–H groups in total. The predicted octanol–water partition coefficient (Wildman–Crippen LogP) is 4.63. The summed E-state index contributed by atoms with van der Waals surface area (Å²) in [5, 5.41) is 9.05. The summed E-state index contributed by atoms with van der Waals surface area (Å²) in [7, 11) is 0. The van der Waals surface area contributed by atoms with Gasteiger partial charge in [-0.1, -0.05) is 35.9 Å². The number of hydrazone groups is 1. The number of nitrogens with one attached hydrogen (secondary N) is 1. The molecule has 0 saturated carbocycles. The lowest BCUT2D eigenvalue weighted by Gasteiger charge is -1.97. The van der Waals surface area contributed by atoms with Gasteiger partial charge in [0.25, 0.3) is 0 Å². The maximum absolute atomic E-state index is 4.53. The lowest BCUT2D eigenvalue weighted by atomic mass is 10.1. The van der Waals surface area contributed by atoms with Crippen molar-refractivity contribution in [1.29, 1.82) is 0 Å². The fourth-order valence-corrected chi connectivity index (χ4v) is 2.95. The topological polar surface area (TPSA) is 37.3 Å². The fourth-order valence-electron chi connectivity index (χ4n) is 1.70. The number of nitrogens with zero attached hydrogens (tertiary/aromatic N) is 2. The van der Waals surface area contributed by atoms with E-state index >= 15 is 0 Å². The molecule has 0 radical (unpaired) electrons. The Bertz CT molecular complexity index is 697. The van der Waals surface area contributed by atoms with E-state index in [0.717, 1.165) is 21.3 Å². The third kappa shape index (κ3) is 3.12. The van der Waals surface area contributed by atoms with Gasteiger partial charge in [-0.2, -0.15) is 5.10 Å². The first-order valence-corrected chi connectivity index (χ1v) is 7.92. The van der Waals surface area contributed by atoms with Crippen molar-refractivity contribution in [2.24, 2.45) is 5.10 Å². The number of aromatic nitrogens is 1. The van der Waals surface area contributed by atoms with Crippen molar-refractivity contribution < 1.29 is 0 Å². The van der Waals surface area contributed by atoms with E-state index in [9.17, 15) is 0 Å². The minimum Gasteiger partial charge on any atom is -0.253 e. The normalized spacial score (nSPS) is 11.1. The molecule has 3 rings (SSSR count). The summed E-state index contributed by atoms with van der Waals surface area (Å²) in [5.41, 5.74) is 6.32. The van der Waals surface area contributed by atoms with Crippen molar-refractivity contribution in [3.8, 4) is 11.3 Å². The second kappa shape index (κ2) is 5.98. The van der Waals surface area contributed by atoms with Gasteiger partial charge in [-0.3, -0.25) is 5.43 Å². The van der Waals surface area contributed by atoms with Crippen molar-refractivity contribution in [2.45, 2.75) is 6.92 Å². The van der Waals surface area contributed by atoms with Gasteiger partial charge in [-0.25, -0.2) is 4.98 Å². The van der Waals surface area contributed by atoms with E-state index < -0.39 is 0 Å². The molecule has 2 aromatic heterocycles. The number of hydrogen-bond acceptors (Lipinski definition) is 5. The standard InChI is InChI=1S/C15H13N3S2/c1-11-4-6-12(7-5-11)14-10-20-15(17-14)18-16-9-13-3-2-8-19-13/h2-10H,1H3,(H,17,18)/b16-9+. The van der Waals surface area contributed by atoms with E-state index in [4.69, 9.17) is 0 Å². The molecule has 3 nitrogen and oxygen atoms in total. The quantitative estimate of drug-likeness (QED) is 0.563. The van der Waals surface area contributed by atoms with Crippen molar-refractivity contribution in [3.63, 3.8) is 0 Å². The van der Waals surface area contributed by atoms with Gasteiger partial charge in [0.1, 0.15) is 0 Å². The third-order valence-electron chi connectivity index (χ3n) is 2.75. The first-order chi connectivity index (χ1) is 9.81. The van der Waals surface area contributed by atoms with Crippen LogP contribution in [0.15, 0.2) is 52.3 Å². The summed E-state index contributed by atoms with van der Waals surface area (Å²) in [6.07, 6.45) is 1.80. The first kappa shape index (κ1) is 13.0. The highest BCUT2D eigenvalue weighted by atomic mass is 32.1. The number of hydrogen-bond donors (Lipinski definition) is 1. The molecule has 0 saturated heterocycles. The van der Waals surface area contributed by atoms with E-state index in [-0.39, 0.29) is 0 Å². The first-order valence-electron chi connectivity index (χ1n) is 6.16. The van der Waals surface area contributed by atoms with Crippen molar-refractivity contribution in [1.82, 2.24) is 4.98 Å². The molecule has 0 amide bonds. The summed E-state index contributed by atoms with van der Waals surface area (Å²) >= 11 is 3.21. The molecule has 1 aromatic carbocycles. The molecular formula is C15H13N3S2. The Morgan fingerprint density at radius 1 is 1.15 bits per heavy atom. The number of benzene rings is 1. The number of anilines is 1. The van der Waals surface area contributed by atoms with Gasteiger partial charge in [-0.15, -0.1) is 22.7 Å². The van der Waals surface area contributed by atoms with Crippen LogP contribution in [0.2, 0.25) is 0 Å². The Balaban J connectivity index is 1.69. The van der Waals surface area contributed by atoms with Crippen LogP contribution < -0.4 is 5.43 Å². The second-order valence-corrected chi connectivity index (χ2v) is 6.13. The van der Waals surface area contributed by atoms with E-state index in [1.807, 2.05) is 22.9 Å². The van der Waals surface area contributed by atoms with Gasteiger partial charge in [-0.05, 0) is 18.4 Å². The number of thiazole rings is 1. The third-order valence-corrected chi connectivity index (χ3v) is 4.30. The van der Waals surface area contributed by atoms with Crippen molar-refractivity contribution >= 4 is 34.0 Å². The van der Waals surface area contributed by atoms with Gasteiger partial charge >= 0.3 is 0 Å². The zero-order chi connectivity index (χ0) is 13.8. The Morgan fingerprint density at radius 2 is 2.00 bits per heavy atom. The average molecular weight is 299 g/mol. The largest absolute Gasteiger partial charge is 0.253 e. The van der Waals surface area contributed by atoms with Crippen LogP contribution in [0.25, 0.3) is 11.3 Å². The molecule has 0 bridgehead atoms. The Morgan fingerprint density at radius 3 is 2.75 bits per heavy atom. The molecule has 20 heavy (non-hydrogen) atoms. The van der Waals surface area contributed by atoms with Crippen LogP contribution in [-0.4, -0.2) is 11.2 Å². The summed E-state index contributed by atoms with van der Waals surface area (Å²) < 4.78 is 0. The Hall–Kier alpha value is -1.98. The maximum Gasteiger partial charge on any atom is 0.203 e. The zero-order valence-corrected chi connectivity index (χ0v) is 12.5.